The molecule has 0 spiro atoms. The first-order chi connectivity index (χ1) is 15.6. The normalized spacial score (nSPS) is 13.7. The van der Waals surface area contributed by atoms with Gasteiger partial charge >= 0.3 is 5.69 Å². The van der Waals surface area contributed by atoms with Gasteiger partial charge in [-0.3, -0.25) is 9.36 Å². The number of carbonyl (C=O) groups is 1. The van der Waals surface area contributed by atoms with Crippen LogP contribution in [-0.4, -0.2) is 33.5 Å². The standard InChI is InChI=1S/C23H23N5O2S2/c1-2-15-7-5-8-16(13-15)24-18(29)14-28-21-20(26-23(32-21)27-10-3-4-11-27)19(25-22(28)30)17-9-6-12-31-17/h5-9,12-13H,2-4,10-11,14H2,1H3,(H,24,29). The number of benzene rings is 1. The molecule has 0 atom stereocenters. The van der Waals surface area contributed by atoms with Crippen molar-refractivity contribution >= 4 is 49.7 Å². The summed E-state index contributed by atoms with van der Waals surface area (Å²) in [7, 11) is 0. The third-order valence-corrected chi connectivity index (χ3v) is 7.57. The summed E-state index contributed by atoms with van der Waals surface area (Å²) in [6.07, 6.45) is 3.16. The largest absolute Gasteiger partial charge is 0.349 e. The molecule has 1 saturated heterocycles. The molecule has 164 valence electrons. The van der Waals surface area contributed by atoms with Gasteiger partial charge in [-0.25, -0.2) is 9.78 Å². The molecule has 4 aromatic rings. The van der Waals surface area contributed by atoms with Crippen LogP contribution in [0.25, 0.3) is 20.9 Å². The number of amides is 1. The molecule has 1 aliphatic heterocycles. The number of carbonyl (C=O) groups excluding carboxylic acids is 1. The molecule has 0 bridgehead atoms. The van der Waals surface area contributed by atoms with Crippen LogP contribution in [0.5, 0.6) is 0 Å². The summed E-state index contributed by atoms with van der Waals surface area (Å²) >= 11 is 2.99. The number of rotatable bonds is 6. The van der Waals surface area contributed by atoms with E-state index in [0.29, 0.717) is 16.0 Å². The maximum absolute atomic E-state index is 13.0. The Balaban J connectivity index is 1.53. The van der Waals surface area contributed by atoms with Crippen LogP contribution in [0.4, 0.5) is 10.8 Å². The predicted octanol–water partition coefficient (Wildman–Crippen LogP) is 4.38. The van der Waals surface area contributed by atoms with Crippen molar-refractivity contribution in [2.45, 2.75) is 32.7 Å². The van der Waals surface area contributed by atoms with Crippen molar-refractivity contribution in [2.24, 2.45) is 0 Å². The highest BCUT2D eigenvalue weighted by atomic mass is 32.1. The minimum Gasteiger partial charge on any atom is -0.348 e. The van der Waals surface area contributed by atoms with E-state index in [1.165, 1.54) is 27.2 Å². The van der Waals surface area contributed by atoms with Crippen LogP contribution in [-0.2, 0) is 17.8 Å². The van der Waals surface area contributed by atoms with Gasteiger partial charge in [0.2, 0.25) is 5.91 Å². The number of hydrogen-bond donors (Lipinski definition) is 1. The molecule has 1 aromatic carbocycles. The zero-order valence-electron chi connectivity index (χ0n) is 17.7. The smallest absolute Gasteiger partial charge is 0.348 e. The van der Waals surface area contributed by atoms with E-state index in [1.807, 2.05) is 41.8 Å². The number of hydrogen-bond acceptors (Lipinski definition) is 7. The summed E-state index contributed by atoms with van der Waals surface area (Å²) in [4.78, 5) is 38.9. The Morgan fingerprint density at radius 1 is 1.16 bits per heavy atom. The predicted molar refractivity (Wildman–Crippen MR) is 131 cm³/mol. The molecule has 1 fully saturated rings. The van der Waals surface area contributed by atoms with Gasteiger partial charge in [0.1, 0.15) is 22.6 Å². The SMILES string of the molecule is CCc1cccc(NC(=O)Cn2c(=O)nc(-c3cccs3)c3nc(N4CCCC4)sc32)c1. The Morgan fingerprint density at radius 3 is 2.75 bits per heavy atom. The highest BCUT2D eigenvalue weighted by Crippen LogP contribution is 2.35. The Morgan fingerprint density at radius 2 is 2.00 bits per heavy atom. The number of aryl methyl sites for hydroxylation is 1. The number of aromatic nitrogens is 3. The van der Waals surface area contributed by atoms with Gasteiger partial charge in [-0.05, 0) is 48.4 Å². The lowest BCUT2D eigenvalue weighted by molar-refractivity contribution is -0.116. The minimum atomic E-state index is -0.435. The molecule has 1 aliphatic rings. The second-order valence-electron chi connectivity index (χ2n) is 7.75. The van der Waals surface area contributed by atoms with Crippen molar-refractivity contribution in [3.8, 4) is 10.6 Å². The molecule has 0 aliphatic carbocycles. The molecule has 32 heavy (non-hydrogen) atoms. The fourth-order valence-corrected chi connectivity index (χ4v) is 5.74. The van der Waals surface area contributed by atoms with E-state index in [4.69, 9.17) is 4.98 Å². The monoisotopic (exact) mass is 465 g/mol. The first-order valence-corrected chi connectivity index (χ1v) is 12.4. The quantitative estimate of drug-likeness (QED) is 0.457. The highest BCUT2D eigenvalue weighted by molar-refractivity contribution is 7.22. The molecule has 5 rings (SSSR count). The molecule has 1 N–H and O–H groups in total. The van der Waals surface area contributed by atoms with Gasteiger partial charge in [-0.15, -0.1) is 11.3 Å². The topological polar surface area (TPSA) is 80.1 Å². The van der Waals surface area contributed by atoms with Crippen LogP contribution in [0.15, 0.2) is 46.6 Å². The maximum Gasteiger partial charge on any atom is 0.349 e. The van der Waals surface area contributed by atoms with E-state index in [9.17, 15) is 9.59 Å². The minimum absolute atomic E-state index is 0.106. The van der Waals surface area contributed by atoms with Gasteiger partial charge in [0.25, 0.3) is 0 Å². The summed E-state index contributed by atoms with van der Waals surface area (Å²) in [6, 6.07) is 11.6. The van der Waals surface area contributed by atoms with E-state index >= 15 is 0 Å². The van der Waals surface area contributed by atoms with Crippen molar-refractivity contribution in [2.75, 3.05) is 23.3 Å². The molecule has 4 heterocycles. The number of nitrogens with zero attached hydrogens (tertiary/aromatic N) is 4. The van der Waals surface area contributed by atoms with Gasteiger partial charge < -0.3 is 10.2 Å². The first-order valence-electron chi connectivity index (χ1n) is 10.7. The second kappa shape index (κ2) is 8.84. The molecule has 0 saturated carbocycles. The molecule has 7 nitrogen and oxygen atoms in total. The number of thiazole rings is 1. The Labute approximate surface area is 193 Å². The summed E-state index contributed by atoms with van der Waals surface area (Å²) < 4.78 is 1.45. The molecule has 0 unspecified atom stereocenters. The van der Waals surface area contributed by atoms with E-state index < -0.39 is 5.69 Å². The van der Waals surface area contributed by atoms with Gasteiger partial charge in [-0.1, -0.05) is 36.5 Å². The number of fused-ring (bicyclic) bond motifs is 1. The van der Waals surface area contributed by atoms with Crippen LogP contribution in [0.3, 0.4) is 0 Å². The Hall–Kier alpha value is -3.04. The fraction of sp³-hybridized carbons (Fsp3) is 0.304. The molecule has 1 amide bonds. The Bertz CT molecular complexity index is 1320. The highest BCUT2D eigenvalue weighted by Gasteiger charge is 2.23. The zero-order valence-corrected chi connectivity index (χ0v) is 19.3. The van der Waals surface area contributed by atoms with Gasteiger partial charge in [0.05, 0.1) is 4.88 Å². The molecule has 9 heteroatoms. The number of nitrogens with one attached hydrogen (secondary N) is 1. The van der Waals surface area contributed by atoms with E-state index in [-0.39, 0.29) is 12.5 Å². The van der Waals surface area contributed by atoms with E-state index in [1.54, 1.807) is 0 Å². The van der Waals surface area contributed by atoms with Crippen LogP contribution < -0.4 is 15.9 Å². The summed E-state index contributed by atoms with van der Waals surface area (Å²) in [5, 5.41) is 5.75. The number of anilines is 2. The van der Waals surface area contributed by atoms with Crippen LogP contribution >= 0.6 is 22.7 Å². The van der Waals surface area contributed by atoms with Crippen molar-refractivity contribution in [3.05, 3.63) is 57.8 Å². The van der Waals surface area contributed by atoms with Crippen molar-refractivity contribution in [1.29, 1.82) is 0 Å². The third-order valence-electron chi connectivity index (χ3n) is 5.56. The zero-order chi connectivity index (χ0) is 22.1. The lowest BCUT2D eigenvalue weighted by atomic mass is 10.1. The maximum atomic E-state index is 13.0. The summed E-state index contributed by atoms with van der Waals surface area (Å²) in [5.74, 6) is -0.261. The van der Waals surface area contributed by atoms with E-state index in [0.717, 1.165) is 53.6 Å². The van der Waals surface area contributed by atoms with Crippen molar-refractivity contribution in [3.63, 3.8) is 0 Å². The van der Waals surface area contributed by atoms with Crippen molar-refractivity contribution < 1.29 is 4.79 Å². The fourth-order valence-electron chi connectivity index (χ4n) is 3.92. The average Bonchev–Trinajstić information content (AvgIpc) is 3.56. The van der Waals surface area contributed by atoms with Crippen LogP contribution in [0, 0.1) is 0 Å². The summed E-state index contributed by atoms with van der Waals surface area (Å²) in [6.45, 7) is 3.88. The second-order valence-corrected chi connectivity index (χ2v) is 9.66. The summed E-state index contributed by atoms with van der Waals surface area (Å²) in [5.41, 5.74) is 2.70. The lowest BCUT2D eigenvalue weighted by Gasteiger charge is -2.11. The van der Waals surface area contributed by atoms with Crippen LogP contribution in [0.2, 0.25) is 0 Å². The molecule has 3 aromatic heterocycles. The Kier molecular flexibility index (Phi) is 5.75. The lowest BCUT2D eigenvalue weighted by Crippen LogP contribution is -2.29. The third kappa shape index (κ3) is 4.05. The molecular formula is C23H23N5O2S2. The van der Waals surface area contributed by atoms with Gasteiger partial charge in [-0.2, -0.15) is 4.98 Å². The van der Waals surface area contributed by atoms with Gasteiger partial charge in [0, 0.05) is 18.8 Å². The van der Waals surface area contributed by atoms with E-state index in [2.05, 4.69) is 22.1 Å². The first kappa shape index (κ1) is 20.8. The van der Waals surface area contributed by atoms with Crippen LogP contribution in [0.1, 0.15) is 25.3 Å². The van der Waals surface area contributed by atoms with Crippen molar-refractivity contribution in [1.82, 2.24) is 14.5 Å². The molecule has 0 radical (unpaired) electrons. The average molecular weight is 466 g/mol. The number of thiophene rings is 1. The van der Waals surface area contributed by atoms with Gasteiger partial charge in [0.15, 0.2) is 5.13 Å². The molecular weight excluding hydrogens is 442 g/mol.